The lowest BCUT2D eigenvalue weighted by Crippen LogP contribution is -2.03. The van der Waals surface area contributed by atoms with Gasteiger partial charge in [-0.1, -0.05) is 17.7 Å². The van der Waals surface area contributed by atoms with Crippen LogP contribution < -0.4 is 10.6 Å². The number of benzene rings is 1. The van der Waals surface area contributed by atoms with E-state index < -0.39 is 0 Å². The highest BCUT2D eigenvalue weighted by atomic mass is 35.5. The maximum absolute atomic E-state index is 6.14. The molecule has 0 spiro atoms. The van der Waals surface area contributed by atoms with Gasteiger partial charge in [-0.05, 0) is 24.6 Å². The molecule has 2 aromatic heterocycles. The van der Waals surface area contributed by atoms with Gasteiger partial charge in [-0.25, -0.2) is 9.97 Å². The average molecular weight is 301 g/mol. The summed E-state index contributed by atoms with van der Waals surface area (Å²) in [6.07, 6.45) is 3.21. The van der Waals surface area contributed by atoms with Crippen molar-refractivity contribution in [3.8, 4) is 0 Å². The molecule has 0 saturated heterocycles. The Bertz CT molecular complexity index is 805. The fourth-order valence-electron chi connectivity index (χ4n) is 1.87. The van der Waals surface area contributed by atoms with Gasteiger partial charge in [-0.15, -0.1) is 0 Å². The summed E-state index contributed by atoms with van der Waals surface area (Å²) in [5.41, 5.74) is 2.98. The summed E-state index contributed by atoms with van der Waals surface area (Å²) < 4.78 is 0. The number of rotatable bonds is 3. The van der Waals surface area contributed by atoms with Crippen LogP contribution in [0.25, 0.3) is 11.2 Å². The van der Waals surface area contributed by atoms with E-state index in [0.29, 0.717) is 28.0 Å². The molecule has 0 radical (unpaired) electrons. The molecular formula is C14H13ClN6. The van der Waals surface area contributed by atoms with Crippen LogP contribution in [-0.4, -0.2) is 27.0 Å². The van der Waals surface area contributed by atoms with Crippen LogP contribution in [0.5, 0.6) is 0 Å². The molecule has 1 aromatic carbocycles. The zero-order valence-corrected chi connectivity index (χ0v) is 12.3. The number of anilines is 3. The van der Waals surface area contributed by atoms with Crippen molar-refractivity contribution in [3.63, 3.8) is 0 Å². The maximum atomic E-state index is 6.14. The number of aryl methyl sites for hydroxylation is 1. The van der Waals surface area contributed by atoms with Crippen molar-refractivity contribution in [2.45, 2.75) is 6.92 Å². The molecule has 2 N–H and O–H groups in total. The van der Waals surface area contributed by atoms with E-state index >= 15 is 0 Å². The van der Waals surface area contributed by atoms with Crippen LogP contribution in [0.2, 0.25) is 5.02 Å². The second-order valence-electron chi connectivity index (χ2n) is 4.46. The number of fused-ring (bicyclic) bond motifs is 1. The van der Waals surface area contributed by atoms with Crippen LogP contribution in [0.3, 0.4) is 0 Å². The predicted molar refractivity (Wildman–Crippen MR) is 84.1 cm³/mol. The predicted octanol–water partition coefficient (Wildman–Crippen LogP) is 3.17. The van der Waals surface area contributed by atoms with E-state index in [0.717, 1.165) is 11.3 Å². The minimum Gasteiger partial charge on any atom is -0.357 e. The van der Waals surface area contributed by atoms with E-state index in [1.54, 1.807) is 19.4 Å². The van der Waals surface area contributed by atoms with Gasteiger partial charge in [0, 0.05) is 30.2 Å². The molecule has 0 bridgehead atoms. The Morgan fingerprint density at radius 1 is 1.10 bits per heavy atom. The fraction of sp³-hybridized carbons (Fsp3) is 0.143. The Hall–Kier alpha value is -2.47. The van der Waals surface area contributed by atoms with Gasteiger partial charge in [0.2, 0.25) is 5.95 Å². The van der Waals surface area contributed by atoms with Gasteiger partial charge in [-0.3, -0.25) is 0 Å². The van der Waals surface area contributed by atoms with Crippen molar-refractivity contribution in [2.75, 3.05) is 17.7 Å². The first kappa shape index (κ1) is 13.5. The Balaban J connectivity index is 2.08. The summed E-state index contributed by atoms with van der Waals surface area (Å²) >= 11 is 6.14. The van der Waals surface area contributed by atoms with Crippen LogP contribution in [-0.2, 0) is 0 Å². The Kier molecular flexibility index (Phi) is 3.53. The molecule has 2 heterocycles. The minimum atomic E-state index is 0.476. The van der Waals surface area contributed by atoms with E-state index in [4.69, 9.17) is 11.6 Å². The molecule has 6 nitrogen and oxygen atoms in total. The lowest BCUT2D eigenvalue weighted by Gasteiger charge is -2.10. The monoisotopic (exact) mass is 300 g/mol. The zero-order chi connectivity index (χ0) is 14.8. The van der Waals surface area contributed by atoms with Gasteiger partial charge >= 0.3 is 0 Å². The summed E-state index contributed by atoms with van der Waals surface area (Å²) in [5, 5.41) is 6.81. The van der Waals surface area contributed by atoms with Crippen molar-refractivity contribution in [1.82, 2.24) is 19.9 Å². The first-order chi connectivity index (χ1) is 10.2. The van der Waals surface area contributed by atoms with E-state index in [1.165, 1.54) is 0 Å². The number of hydrogen-bond donors (Lipinski definition) is 2. The topological polar surface area (TPSA) is 75.6 Å². The van der Waals surface area contributed by atoms with Gasteiger partial charge in [0.1, 0.15) is 0 Å². The quantitative estimate of drug-likeness (QED) is 0.774. The highest BCUT2D eigenvalue weighted by molar-refractivity contribution is 6.31. The molecule has 0 saturated carbocycles. The van der Waals surface area contributed by atoms with E-state index in [-0.39, 0.29) is 0 Å². The van der Waals surface area contributed by atoms with Gasteiger partial charge in [0.15, 0.2) is 17.0 Å². The van der Waals surface area contributed by atoms with Crippen molar-refractivity contribution in [3.05, 3.63) is 41.2 Å². The average Bonchev–Trinajstić information content (AvgIpc) is 2.51. The molecule has 0 aliphatic rings. The summed E-state index contributed by atoms with van der Waals surface area (Å²) in [6.45, 7) is 1.96. The molecule has 0 amide bonds. The van der Waals surface area contributed by atoms with Crippen LogP contribution >= 0.6 is 11.6 Å². The molecule has 21 heavy (non-hydrogen) atoms. The molecule has 0 unspecified atom stereocenters. The number of hydrogen-bond acceptors (Lipinski definition) is 6. The normalized spacial score (nSPS) is 10.6. The Morgan fingerprint density at radius 2 is 1.90 bits per heavy atom. The number of nitrogens with zero attached hydrogens (tertiary/aromatic N) is 4. The third kappa shape index (κ3) is 2.71. The molecule has 7 heteroatoms. The van der Waals surface area contributed by atoms with E-state index in [1.807, 2.05) is 25.1 Å². The smallest absolute Gasteiger partial charge is 0.226 e. The minimum absolute atomic E-state index is 0.476. The molecule has 3 aromatic rings. The van der Waals surface area contributed by atoms with Crippen LogP contribution in [0.4, 0.5) is 17.5 Å². The molecule has 0 atom stereocenters. The summed E-state index contributed by atoms with van der Waals surface area (Å²) in [4.78, 5) is 17.1. The lowest BCUT2D eigenvalue weighted by molar-refractivity contribution is 1.14. The van der Waals surface area contributed by atoms with Crippen molar-refractivity contribution >= 4 is 40.2 Å². The molecule has 3 rings (SSSR count). The van der Waals surface area contributed by atoms with Gasteiger partial charge in [0.25, 0.3) is 0 Å². The largest absolute Gasteiger partial charge is 0.357 e. The van der Waals surface area contributed by atoms with E-state index in [9.17, 15) is 0 Å². The van der Waals surface area contributed by atoms with Crippen molar-refractivity contribution in [1.29, 1.82) is 0 Å². The lowest BCUT2D eigenvalue weighted by atomic mass is 10.2. The third-order valence-electron chi connectivity index (χ3n) is 2.99. The van der Waals surface area contributed by atoms with Crippen LogP contribution in [0.1, 0.15) is 5.56 Å². The molecule has 106 valence electrons. The van der Waals surface area contributed by atoms with Gasteiger partial charge in [0.05, 0.1) is 0 Å². The number of aromatic nitrogens is 4. The molecule has 0 fully saturated rings. The SMILES string of the molecule is CNc1nc(Nc2ccc(C)c(Cl)c2)c2nccnc2n1. The second kappa shape index (κ2) is 5.49. The van der Waals surface area contributed by atoms with Crippen LogP contribution in [0.15, 0.2) is 30.6 Å². The standard InChI is InChI=1S/C14H13ClN6/c1-8-3-4-9(7-10(8)15)19-13-11-12(18-6-5-17-11)20-14(16-2)21-13/h3-7H,1-2H3,(H2,16,18,19,20,21). The first-order valence-electron chi connectivity index (χ1n) is 6.37. The molecule has 0 aliphatic carbocycles. The second-order valence-corrected chi connectivity index (χ2v) is 4.87. The summed E-state index contributed by atoms with van der Waals surface area (Å²) in [6, 6.07) is 5.73. The zero-order valence-electron chi connectivity index (χ0n) is 11.6. The molecule has 0 aliphatic heterocycles. The highest BCUT2D eigenvalue weighted by Gasteiger charge is 2.09. The first-order valence-corrected chi connectivity index (χ1v) is 6.75. The summed E-state index contributed by atoms with van der Waals surface area (Å²) in [5.74, 6) is 1.06. The third-order valence-corrected chi connectivity index (χ3v) is 3.40. The van der Waals surface area contributed by atoms with Crippen LogP contribution in [0, 0.1) is 6.92 Å². The maximum Gasteiger partial charge on any atom is 0.226 e. The van der Waals surface area contributed by atoms with Gasteiger partial charge < -0.3 is 10.6 Å². The molecular weight excluding hydrogens is 288 g/mol. The van der Waals surface area contributed by atoms with Crippen molar-refractivity contribution in [2.24, 2.45) is 0 Å². The van der Waals surface area contributed by atoms with E-state index in [2.05, 4.69) is 30.6 Å². The summed E-state index contributed by atoms with van der Waals surface area (Å²) in [7, 11) is 1.75. The fourth-order valence-corrected chi connectivity index (χ4v) is 2.05. The highest BCUT2D eigenvalue weighted by Crippen LogP contribution is 2.25. The number of halogens is 1. The van der Waals surface area contributed by atoms with Crippen molar-refractivity contribution < 1.29 is 0 Å². The number of nitrogens with one attached hydrogen (secondary N) is 2. The van der Waals surface area contributed by atoms with Gasteiger partial charge in [-0.2, -0.15) is 9.97 Å². The Morgan fingerprint density at radius 3 is 2.67 bits per heavy atom. The Labute approximate surface area is 126 Å².